The van der Waals surface area contributed by atoms with E-state index in [1.807, 2.05) is 0 Å². The van der Waals surface area contributed by atoms with Gasteiger partial charge in [-0.1, -0.05) is 0 Å². The summed E-state index contributed by atoms with van der Waals surface area (Å²) < 4.78 is 42.7. The Balaban J connectivity index is 1.57. The average Bonchev–Trinajstić information content (AvgIpc) is 3.52. The molecule has 1 saturated heterocycles. The highest BCUT2D eigenvalue weighted by atomic mass is 32.2. The maximum absolute atomic E-state index is 13.2. The zero-order valence-corrected chi connectivity index (χ0v) is 18.2. The molecular formula is C21H19F3N4O4S. The lowest BCUT2D eigenvalue weighted by Crippen LogP contribution is -2.36. The molecule has 1 N–H and O–H groups in total. The van der Waals surface area contributed by atoms with Crippen molar-refractivity contribution in [2.45, 2.75) is 42.3 Å². The summed E-state index contributed by atoms with van der Waals surface area (Å²) in [5.41, 5.74) is -4.33. The number of imide groups is 1. The number of hydrogen-bond donors (Lipinski definition) is 1. The van der Waals surface area contributed by atoms with Gasteiger partial charge in [0.2, 0.25) is 0 Å². The molecular weight excluding hydrogens is 461 g/mol. The van der Waals surface area contributed by atoms with E-state index >= 15 is 0 Å². The van der Waals surface area contributed by atoms with Gasteiger partial charge >= 0.3 is 17.6 Å². The molecule has 0 bridgehead atoms. The van der Waals surface area contributed by atoms with Crippen molar-refractivity contribution in [1.29, 1.82) is 0 Å². The van der Waals surface area contributed by atoms with Gasteiger partial charge in [0.15, 0.2) is 0 Å². The van der Waals surface area contributed by atoms with Crippen molar-refractivity contribution in [2.75, 3.05) is 16.8 Å². The molecule has 0 radical (unpaired) electrons. The molecule has 1 aromatic carbocycles. The smallest absolute Gasteiger partial charge is 0.446 e. The monoisotopic (exact) mass is 480 g/mol. The predicted octanol–water partition coefficient (Wildman–Crippen LogP) is 4.76. The van der Waals surface area contributed by atoms with Gasteiger partial charge in [0, 0.05) is 11.1 Å². The number of amides is 4. The molecule has 0 atom stereocenters. The van der Waals surface area contributed by atoms with Gasteiger partial charge in [0.25, 0.3) is 5.91 Å². The van der Waals surface area contributed by atoms with Crippen LogP contribution in [0.1, 0.15) is 25.3 Å². The summed E-state index contributed by atoms with van der Waals surface area (Å²) >= 11 is -0.272. The number of alkyl halides is 3. The van der Waals surface area contributed by atoms with Crippen molar-refractivity contribution in [1.82, 2.24) is 9.88 Å². The van der Waals surface area contributed by atoms with Crippen LogP contribution in [0.2, 0.25) is 0 Å². The maximum atomic E-state index is 13.2. The summed E-state index contributed by atoms with van der Waals surface area (Å²) in [4.78, 5) is 44.6. The summed E-state index contributed by atoms with van der Waals surface area (Å²) in [6.07, 6.45) is 3.20. The number of nitrogens with one attached hydrogen (secondary N) is 1. The molecule has 0 unspecified atom stereocenters. The molecule has 4 rings (SSSR count). The number of aromatic nitrogens is 1. The summed E-state index contributed by atoms with van der Waals surface area (Å²) in [5.74, 6) is -0.419. The van der Waals surface area contributed by atoms with E-state index in [0.717, 1.165) is 4.90 Å². The van der Waals surface area contributed by atoms with E-state index in [4.69, 9.17) is 4.74 Å². The second-order valence-electron chi connectivity index (χ2n) is 7.46. The lowest BCUT2D eigenvalue weighted by molar-refractivity contribution is -0.120. The Bertz CT molecular complexity index is 1090. The van der Waals surface area contributed by atoms with E-state index in [0.29, 0.717) is 24.1 Å². The topological polar surface area (TPSA) is 91.8 Å². The third kappa shape index (κ3) is 4.61. The highest BCUT2D eigenvalue weighted by Crippen LogP contribution is 2.50. The van der Waals surface area contributed by atoms with E-state index < -0.39 is 29.1 Å². The Morgan fingerprint density at radius 1 is 1.21 bits per heavy atom. The fraction of sp³-hybridized carbons (Fsp3) is 0.333. The molecule has 8 nitrogen and oxygen atoms in total. The number of thioether (sulfide) groups is 1. The minimum atomic E-state index is -4.44. The number of hydrogen-bond acceptors (Lipinski definition) is 6. The second kappa shape index (κ2) is 8.58. The zero-order chi connectivity index (χ0) is 23.8. The third-order valence-electron chi connectivity index (χ3n) is 5.34. The van der Waals surface area contributed by atoms with Crippen LogP contribution in [-0.4, -0.2) is 45.6 Å². The number of carbonyl (C=O) groups excluding carboxylic acids is 3. The van der Waals surface area contributed by atoms with Gasteiger partial charge in [-0.05, 0) is 67.4 Å². The van der Waals surface area contributed by atoms with Crippen molar-refractivity contribution < 1.29 is 32.3 Å². The Labute approximate surface area is 191 Å². The summed E-state index contributed by atoms with van der Waals surface area (Å²) in [7, 11) is 0. The molecule has 2 aliphatic rings. The van der Waals surface area contributed by atoms with Gasteiger partial charge < -0.3 is 9.64 Å². The third-order valence-corrected chi connectivity index (χ3v) is 6.08. The van der Waals surface area contributed by atoms with E-state index in [2.05, 4.69) is 10.3 Å². The van der Waals surface area contributed by atoms with E-state index in [1.54, 1.807) is 13.0 Å². The van der Waals surface area contributed by atoms with Crippen LogP contribution in [0.25, 0.3) is 0 Å². The van der Waals surface area contributed by atoms with Gasteiger partial charge in [0.1, 0.15) is 5.54 Å². The quantitative estimate of drug-likeness (QED) is 0.473. The summed E-state index contributed by atoms with van der Waals surface area (Å²) in [6.45, 7) is 1.88. The second-order valence-corrected chi connectivity index (χ2v) is 8.60. The molecule has 2 fully saturated rings. The van der Waals surface area contributed by atoms with Crippen LogP contribution in [-0.2, 0) is 16.1 Å². The molecule has 174 valence electrons. The normalized spacial score (nSPS) is 17.0. The number of urea groups is 1. The summed E-state index contributed by atoms with van der Waals surface area (Å²) in [5, 5.41) is 2.57. The standard InChI is InChI=1S/C21H19F3N4O4S/c1-2-32-18(30)26-16-11-25-10-7-13(16)12-27-19(31)28(17(29)20(27)8-9-20)14-3-5-15(6-4-14)33-21(22,23)24/h3-7,10-11H,2,8-9,12H2,1H3,(H,26,30). The van der Waals surface area contributed by atoms with Gasteiger partial charge in [-0.15, -0.1) is 0 Å². The number of nitrogens with zero attached hydrogens (tertiary/aromatic N) is 3. The van der Waals surface area contributed by atoms with Gasteiger partial charge in [-0.2, -0.15) is 13.2 Å². The van der Waals surface area contributed by atoms with Crippen LogP contribution >= 0.6 is 11.8 Å². The largest absolute Gasteiger partial charge is 0.450 e. The number of anilines is 2. The molecule has 1 aliphatic heterocycles. The Hall–Kier alpha value is -3.28. The number of benzene rings is 1. The Morgan fingerprint density at radius 2 is 1.91 bits per heavy atom. The fourth-order valence-corrected chi connectivity index (χ4v) is 4.22. The van der Waals surface area contributed by atoms with Crippen LogP contribution in [0.4, 0.5) is 34.1 Å². The van der Waals surface area contributed by atoms with Gasteiger partial charge in [-0.3, -0.25) is 15.1 Å². The molecule has 2 heterocycles. The molecule has 2 aromatic rings. The minimum Gasteiger partial charge on any atom is -0.450 e. The molecule has 1 aromatic heterocycles. The van der Waals surface area contributed by atoms with E-state index in [-0.39, 0.29) is 35.5 Å². The predicted molar refractivity (Wildman–Crippen MR) is 114 cm³/mol. The molecule has 4 amide bonds. The lowest BCUT2D eigenvalue weighted by Gasteiger charge is -2.22. The Morgan fingerprint density at radius 3 is 2.52 bits per heavy atom. The molecule has 33 heavy (non-hydrogen) atoms. The van der Waals surface area contributed by atoms with Crippen LogP contribution in [0.5, 0.6) is 0 Å². The SMILES string of the molecule is CCOC(=O)Nc1cnccc1CN1C(=O)N(c2ccc(SC(F)(F)F)cc2)C(=O)C12CC2. The van der Waals surface area contributed by atoms with Crippen molar-refractivity contribution >= 4 is 41.2 Å². The first-order valence-corrected chi connectivity index (χ1v) is 10.8. The number of pyridine rings is 1. The molecule has 12 heteroatoms. The highest BCUT2D eigenvalue weighted by Gasteiger charge is 2.65. The van der Waals surface area contributed by atoms with Crippen LogP contribution in [0.3, 0.4) is 0 Å². The number of ether oxygens (including phenoxy) is 1. The van der Waals surface area contributed by atoms with Crippen LogP contribution < -0.4 is 10.2 Å². The number of carbonyl (C=O) groups is 3. The van der Waals surface area contributed by atoms with Crippen molar-refractivity contribution in [3.63, 3.8) is 0 Å². The van der Waals surface area contributed by atoms with Crippen molar-refractivity contribution in [3.8, 4) is 0 Å². The van der Waals surface area contributed by atoms with E-state index in [1.165, 1.54) is 41.6 Å². The average molecular weight is 480 g/mol. The van der Waals surface area contributed by atoms with Gasteiger partial charge in [-0.25, -0.2) is 14.5 Å². The maximum Gasteiger partial charge on any atom is 0.446 e. The first-order chi connectivity index (χ1) is 15.6. The Kier molecular flexibility index (Phi) is 5.95. The van der Waals surface area contributed by atoms with Crippen LogP contribution in [0.15, 0.2) is 47.6 Å². The molecule has 1 saturated carbocycles. The molecule has 1 spiro atoms. The van der Waals surface area contributed by atoms with Crippen molar-refractivity contribution in [2.24, 2.45) is 0 Å². The fourth-order valence-electron chi connectivity index (χ4n) is 3.68. The van der Waals surface area contributed by atoms with Crippen LogP contribution in [0, 0.1) is 0 Å². The summed E-state index contributed by atoms with van der Waals surface area (Å²) in [6, 6.07) is 6.14. The van der Waals surface area contributed by atoms with E-state index in [9.17, 15) is 27.6 Å². The highest BCUT2D eigenvalue weighted by molar-refractivity contribution is 8.00. The number of rotatable bonds is 6. The van der Waals surface area contributed by atoms with Crippen molar-refractivity contribution in [3.05, 3.63) is 48.3 Å². The molecule has 1 aliphatic carbocycles. The lowest BCUT2D eigenvalue weighted by atomic mass is 10.1. The number of halogens is 3. The first kappa shape index (κ1) is 22.9. The zero-order valence-electron chi connectivity index (χ0n) is 17.4. The van der Waals surface area contributed by atoms with Gasteiger partial charge in [0.05, 0.1) is 30.7 Å². The minimum absolute atomic E-state index is 0.0351. The first-order valence-electron chi connectivity index (χ1n) is 10.0.